The van der Waals surface area contributed by atoms with Crippen molar-refractivity contribution in [1.29, 1.82) is 0 Å². The number of halogens is 1. The van der Waals surface area contributed by atoms with Gasteiger partial charge in [-0.3, -0.25) is 4.79 Å². The molecular weight excluding hydrogens is 327 g/mol. The van der Waals surface area contributed by atoms with Crippen LogP contribution < -0.4 is 15.5 Å². The number of carbonyl (C=O) groups is 1. The molecule has 1 atom stereocenters. The van der Waals surface area contributed by atoms with Gasteiger partial charge in [-0.15, -0.1) is 0 Å². The maximum Gasteiger partial charge on any atom is 0.341 e. The number of carboxylic acid groups (broad SMARTS) is 1. The number of nitrogens with one attached hydrogen (secondary N) is 1. The fourth-order valence-electron chi connectivity index (χ4n) is 2.92. The van der Waals surface area contributed by atoms with E-state index in [0.717, 1.165) is 12.5 Å². The molecule has 2 heterocycles. The number of ether oxygens (including phenoxy) is 1. The van der Waals surface area contributed by atoms with Crippen molar-refractivity contribution in [2.75, 3.05) is 11.9 Å². The maximum atomic E-state index is 14.8. The Morgan fingerprint density at radius 1 is 1.52 bits per heavy atom. The molecule has 134 valence electrons. The van der Waals surface area contributed by atoms with Crippen LogP contribution >= 0.6 is 0 Å². The molecule has 0 aliphatic carbocycles. The van der Waals surface area contributed by atoms with E-state index in [1.54, 1.807) is 4.57 Å². The summed E-state index contributed by atoms with van der Waals surface area (Å²) in [5.41, 5.74) is -0.838. The molecule has 0 fully saturated rings. The second kappa shape index (κ2) is 5.75. The van der Waals surface area contributed by atoms with Crippen LogP contribution in [-0.4, -0.2) is 27.8 Å². The fourth-order valence-corrected chi connectivity index (χ4v) is 2.92. The molecule has 1 aromatic carbocycles. The lowest BCUT2D eigenvalue weighted by atomic mass is 10.00. The van der Waals surface area contributed by atoms with Crippen LogP contribution in [0.5, 0.6) is 5.75 Å². The zero-order chi connectivity index (χ0) is 18.5. The minimum absolute atomic E-state index is 0.0128. The van der Waals surface area contributed by atoms with Gasteiger partial charge in [-0.05, 0) is 33.3 Å². The molecule has 0 saturated carbocycles. The van der Waals surface area contributed by atoms with Crippen LogP contribution in [0.3, 0.4) is 0 Å². The number of anilines is 1. The molecule has 0 amide bonds. The van der Waals surface area contributed by atoms with Crippen LogP contribution in [0.15, 0.2) is 17.1 Å². The third kappa shape index (κ3) is 2.73. The molecule has 1 aliphatic heterocycles. The maximum absolute atomic E-state index is 14.8. The molecule has 3 rings (SSSR count). The summed E-state index contributed by atoms with van der Waals surface area (Å²) in [6.45, 7) is 7.97. The number of aromatic carboxylic acids is 1. The van der Waals surface area contributed by atoms with Crippen molar-refractivity contribution < 1.29 is 19.0 Å². The molecule has 2 N–H and O–H groups in total. The summed E-state index contributed by atoms with van der Waals surface area (Å²) in [6, 6.07) is 0.922. The lowest BCUT2D eigenvalue weighted by molar-refractivity contribution is 0.0694. The van der Waals surface area contributed by atoms with Gasteiger partial charge in [0, 0.05) is 11.7 Å². The highest BCUT2D eigenvalue weighted by Gasteiger charge is 2.29. The average Bonchev–Trinajstić information content (AvgIpc) is 2.54. The van der Waals surface area contributed by atoms with Crippen LogP contribution in [0.1, 0.15) is 50.5 Å². The highest BCUT2D eigenvalue weighted by Crippen LogP contribution is 2.41. The summed E-state index contributed by atoms with van der Waals surface area (Å²) >= 11 is 0. The largest absolute Gasteiger partial charge is 0.487 e. The van der Waals surface area contributed by atoms with Crippen LogP contribution in [0.4, 0.5) is 10.1 Å². The third-order valence-corrected chi connectivity index (χ3v) is 4.74. The van der Waals surface area contributed by atoms with Crippen molar-refractivity contribution in [1.82, 2.24) is 4.57 Å². The first kappa shape index (κ1) is 17.3. The second-order valence-corrected chi connectivity index (χ2v) is 7.07. The van der Waals surface area contributed by atoms with E-state index in [9.17, 15) is 19.1 Å². The molecule has 0 bridgehead atoms. The number of pyridine rings is 1. The van der Waals surface area contributed by atoms with E-state index in [-0.39, 0.29) is 40.6 Å². The molecule has 6 nitrogen and oxygen atoms in total. The molecular formula is C18H21FN2O4. The topological polar surface area (TPSA) is 80.6 Å². The van der Waals surface area contributed by atoms with Gasteiger partial charge in [0.25, 0.3) is 0 Å². The minimum atomic E-state index is -1.33. The Morgan fingerprint density at radius 3 is 2.80 bits per heavy atom. The first-order valence-corrected chi connectivity index (χ1v) is 8.22. The van der Waals surface area contributed by atoms with Crippen molar-refractivity contribution in [3.8, 4) is 5.75 Å². The molecule has 0 spiro atoms. The van der Waals surface area contributed by atoms with E-state index < -0.39 is 17.2 Å². The van der Waals surface area contributed by atoms with Crippen molar-refractivity contribution in [3.05, 3.63) is 33.9 Å². The third-order valence-electron chi connectivity index (χ3n) is 4.74. The summed E-state index contributed by atoms with van der Waals surface area (Å²) in [5, 5.41) is 12.4. The number of hydrogen-bond donors (Lipinski definition) is 2. The van der Waals surface area contributed by atoms with E-state index in [1.165, 1.54) is 6.20 Å². The van der Waals surface area contributed by atoms with Gasteiger partial charge in [0.2, 0.25) is 5.43 Å². The summed E-state index contributed by atoms with van der Waals surface area (Å²) in [7, 11) is 0. The van der Waals surface area contributed by atoms with Gasteiger partial charge in [-0.1, -0.05) is 6.92 Å². The Hall–Kier alpha value is -2.57. The first-order chi connectivity index (χ1) is 11.7. The predicted molar refractivity (Wildman–Crippen MR) is 93.3 cm³/mol. The fraction of sp³-hybridized carbons (Fsp3) is 0.444. The molecule has 1 unspecified atom stereocenters. The van der Waals surface area contributed by atoms with Crippen molar-refractivity contribution >= 4 is 22.6 Å². The Bertz CT molecular complexity index is 933. The minimum Gasteiger partial charge on any atom is -0.487 e. The second-order valence-electron chi connectivity index (χ2n) is 7.07. The number of nitrogens with zero attached hydrogens (tertiary/aromatic N) is 1. The number of rotatable bonds is 4. The first-order valence-electron chi connectivity index (χ1n) is 8.22. The number of aromatic nitrogens is 1. The monoisotopic (exact) mass is 348 g/mol. The Morgan fingerprint density at radius 2 is 2.20 bits per heavy atom. The SMILES string of the molecule is CCC(C)(C)Nc1c(F)cc2c(=O)c(C(=O)O)cn3c2c1OCC3C. The summed E-state index contributed by atoms with van der Waals surface area (Å²) in [6.07, 6.45) is 2.07. The highest BCUT2D eigenvalue weighted by atomic mass is 19.1. The van der Waals surface area contributed by atoms with E-state index >= 15 is 0 Å². The van der Waals surface area contributed by atoms with Gasteiger partial charge in [-0.25, -0.2) is 9.18 Å². The van der Waals surface area contributed by atoms with Gasteiger partial charge in [0.05, 0.1) is 16.9 Å². The van der Waals surface area contributed by atoms with Crippen molar-refractivity contribution in [3.63, 3.8) is 0 Å². The van der Waals surface area contributed by atoms with Crippen LogP contribution in [-0.2, 0) is 0 Å². The van der Waals surface area contributed by atoms with Crippen LogP contribution in [0.2, 0.25) is 0 Å². The molecule has 25 heavy (non-hydrogen) atoms. The lowest BCUT2D eigenvalue weighted by Crippen LogP contribution is -2.32. The Balaban J connectivity index is 2.39. The molecule has 0 radical (unpaired) electrons. The summed E-state index contributed by atoms with van der Waals surface area (Å²) in [4.78, 5) is 23.9. The zero-order valence-corrected chi connectivity index (χ0v) is 14.6. The van der Waals surface area contributed by atoms with E-state index in [1.807, 2.05) is 27.7 Å². The zero-order valence-electron chi connectivity index (χ0n) is 14.6. The Labute approximate surface area is 144 Å². The average molecular weight is 348 g/mol. The number of benzene rings is 1. The van der Waals surface area contributed by atoms with Crippen LogP contribution in [0, 0.1) is 5.82 Å². The number of carboxylic acids is 1. The predicted octanol–water partition coefficient (Wildman–Crippen LogP) is 3.39. The van der Waals surface area contributed by atoms with Crippen molar-refractivity contribution in [2.45, 2.75) is 45.7 Å². The Kier molecular flexibility index (Phi) is 3.97. The molecule has 1 aliphatic rings. The van der Waals surface area contributed by atoms with Gasteiger partial charge in [0.15, 0.2) is 11.6 Å². The normalized spacial score (nSPS) is 16.6. The number of hydrogen-bond acceptors (Lipinski definition) is 4. The van der Waals surface area contributed by atoms with Gasteiger partial charge >= 0.3 is 5.97 Å². The highest BCUT2D eigenvalue weighted by molar-refractivity contribution is 5.97. The molecule has 7 heteroatoms. The smallest absolute Gasteiger partial charge is 0.341 e. The van der Waals surface area contributed by atoms with E-state index in [2.05, 4.69) is 5.32 Å². The quantitative estimate of drug-likeness (QED) is 0.885. The molecule has 0 saturated heterocycles. The van der Waals surface area contributed by atoms with E-state index in [4.69, 9.17) is 4.74 Å². The standard InChI is InChI=1S/C18H21FN2O4/c1-5-18(3,4)20-13-12(19)6-10-14-16(13)25-8-9(2)21(14)7-11(15(10)22)17(23)24/h6-7,9,20H,5,8H2,1-4H3,(H,23,24). The van der Waals surface area contributed by atoms with Gasteiger partial charge in [-0.2, -0.15) is 0 Å². The molecule has 1 aromatic heterocycles. The van der Waals surface area contributed by atoms with Crippen LogP contribution in [0.25, 0.3) is 10.9 Å². The lowest BCUT2D eigenvalue weighted by Gasteiger charge is -2.32. The van der Waals surface area contributed by atoms with Gasteiger partial charge < -0.3 is 19.7 Å². The molecule has 2 aromatic rings. The van der Waals surface area contributed by atoms with Crippen molar-refractivity contribution in [2.24, 2.45) is 0 Å². The summed E-state index contributed by atoms with van der Waals surface area (Å²) < 4.78 is 22.2. The van der Waals surface area contributed by atoms with E-state index in [0.29, 0.717) is 5.52 Å². The summed E-state index contributed by atoms with van der Waals surface area (Å²) in [5.74, 6) is -1.71. The van der Waals surface area contributed by atoms with Gasteiger partial charge in [0.1, 0.15) is 17.9 Å².